The molecule has 1 fully saturated rings. The molecule has 8 heteroatoms. The second-order valence-corrected chi connectivity index (χ2v) is 6.29. The topological polar surface area (TPSA) is 83.3 Å². The predicted octanol–water partition coefficient (Wildman–Crippen LogP) is 2.45. The molecule has 0 radical (unpaired) electrons. The number of likely N-dealkylation sites (N-methyl/N-ethyl adjacent to an activating group) is 1. The molecule has 7 nitrogen and oxygen atoms in total. The van der Waals surface area contributed by atoms with Crippen molar-refractivity contribution in [3.63, 3.8) is 0 Å². The molecule has 1 aliphatic rings. The third-order valence-electron chi connectivity index (χ3n) is 4.05. The van der Waals surface area contributed by atoms with Crippen molar-refractivity contribution in [2.24, 2.45) is 0 Å². The minimum absolute atomic E-state index is 0.00882. The van der Waals surface area contributed by atoms with Crippen LogP contribution in [0.2, 0.25) is 5.02 Å². The van der Waals surface area contributed by atoms with Crippen molar-refractivity contribution in [2.75, 3.05) is 20.1 Å². The molecule has 2 unspecified atom stereocenters. The maximum Gasteiger partial charge on any atom is 0.315 e. The number of halogens is 1. The van der Waals surface area contributed by atoms with E-state index in [1.807, 2.05) is 26.1 Å². The van der Waals surface area contributed by atoms with Gasteiger partial charge in [0.2, 0.25) is 11.7 Å². The fraction of sp³-hybridized carbons (Fsp3) is 0.438. The van der Waals surface area contributed by atoms with Gasteiger partial charge in [-0.3, -0.25) is 4.90 Å². The number of carbonyl (C=O) groups is 1. The summed E-state index contributed by atoms with van der Waals surface area (Å²) in [7, 11) is 1.98. The summed E-state index contributed by atoms with van der Waals surface area (Å²) in [6, 6.07) is 7.19. The molecule has 2 amide bonds. The highest BCUT2D eigenvalue weighted by atomic mass is 35.5. The van der Waals surface area contributed by atoms with Crippen LogP contribution in [0.4, 0.5) is 4.79 Å². The average Bonchev–Trinajstić information content (AvgIpc) is 3.15. The lowest BCUT2D eigenvalue weighted by molar-refractivity contribution is 0.237. The number of urea groups is 1. The standard InChI is InChI=1S/C16H20ClN5O2/c1-3-18-16(23)19-12-8-13(22(2)9-12)15-20-14(21-24-15)10-4-6-11(17)7-5-10/h4-7,12-13H,3,8-9H2,1-2H3,(H2,18,19,23). The molecular weight excluding hydrogens is 330 g/mol. The molecular formula is C16H20ClN5O2. The summed E-state index contributed by atoms with van der Waals surface area (Å²) in [6.45, 7) is 3.23. The van der Waals surface area contributed by atoms with Crippen molar-refractivity contribution in [2.45, 2.75) is 25.4 Å². The Morgan fingerprint density at radius 1 is 1.42 bits per heavy atom. The zero-order valence-electron chi connectivity index (χ0n) is 13.6. The largest absolute Gasteiger partial charge is 0.338 e. The highest BCUT2D eigenvalue weighted by Gasteiger charge is 2.35. The highest BCUT2D eigenvalue weighted by molar-refractivity contribution is 6.30. The summed E-state index contributed by atoms with van der Waals surface area (Å²) in [5.74, 6) is 1.10. The third kappa shape index (κ3) is 3.68. The number of rotatable bonds is 4. The molecule has 128 valence electrons. The van der Waals surface area contributed by atoms with Crippen molar-refractivity contribution in [3.8, 4) is 11.4 Å². The number of nitrogens with zero attached hydrogens (tertiary/aromatic N) is 3. The zero-order valence-corrected chi connectivity index (χ0v) is 14.4. The Labute approximate surface area is 145 Å². The maximum absolute atomic E-state index is 11.7. The van der Waals surface area contributed by atoms with E-state index < -0.39 is 0 Å². The number of carbonyl (C=O) groups excluding carboxylic acids is 1. The van der Waals surface area contributed by atoms with E-state index in [9.17, 15) is 4.79 Å². The first kappa shape index (κ1) is 16.7. The van der Waals surface area contributed by atoms with Crippen LogP contribution in [0.25, 0.3) is 11.4 Å². The molecule has 2 N–H and O–H groups in total. The van der Waals surface area contributed by atoms with Crippen molar-refractivity contribution in [3.05, 3.63) is 35.2 Å². The molecule has 1 aliphatic heterocycles. The lowest BCUT2D eigenvalue weighted by atomic mass is 10.1. The SMILES string of the molecule is CCNC(=O)NC1CC(c2nc(-c3ccc(Cl)cc3)no2)N(C)C1. The van der Waals surface area contributed by atoms with Gasteiger partial charge in [0.15, 0.2) is 0 Å². The summed E-state index contributed by atoms with van der Waals surface area (Å²) in [5.41, 5.74) is 0.854. The van der Waals surface area contributed by atoms with E-state index in [0.717, 1.165) is 18.5 Å². The van der Waals surface area contributed by atoms with Crippen molar-refractivity contribution < 1.29 is 9.32 Å². The average molecular weight is 350 g/mol. The van der Waals surface area contributed by atoms with Crippen molar-refractivity contribution in [1.29, 1.82) is 0 Å². The first-order valence-corrected chi connectivity index (χ1v) is 8.28. The summed E-state index contributed by atoms with van der Waals surface area (Å²) in [5, 5.41) is 10.4. The van der Waals surface area contributed by atoms with Gasteiger partial charge >= 0.3 is 6.03 Å². The van der Waals surface area contributed by atoms with Gasteiger partial charge in [0, 0.05) is 29.7 Å². The molecule has 1 aromatic carbocycles. The second-order valence-electron chi connectivity index (χ2n) is 5.85. The number of nitrogens with one attached hydrogen (secondary N) is 2. The summed E-state index contributed by atoms with van der Waals surface area (Å²) < 4.78 is 5.44. The van der Waals surface area contributed by atoms with Gasteiger partial charge in [-0.05, 0) is 44.7 Å². The molecule has 2 heterocycles. The molecule has 0 aliphatic carbocycles. The summed E-state index contributed by atoms with van der Waals surface area (Å²) >= 11 is 5.90. The Hall–Kier alpha value is -2.12. The normalized spacial score (nSPS) is 21.0. The quantitative estimate of drug-likeness (QED) is 0.885. The van der Waals surface area contributed by atoms with E-state index in [4.69, 9.17) is 16.1 Å². The van der Waals surface area contributed by atoms with Gasteiger partial charge < -0.3 is 15.2 Å². The van der Waals surface area contributed by atoms with Crippen LogP contribution in [0, 0.1) is 0 Å². The van der Waals surface area contributed by atoms with Crippen LogP contribution >= 0.6 is 11.6 Å². The van der Waals surface area contributed by atoms with Crippen molar-refractivity contribution >= 4 is 17.6 Å². The van der Waals surface area contributed by atoms with Crippen LogP contribution in [-0.2, 0) is 0 Å². The molecule has 24 heavy (non-hydrogen) atoms. The number of likely N-dealkylation sites (tertiary alicyclic amines) is 1. The summed E-state index contributed by atoms with van der Waals surface area (Å²) in [4.78, 5) is 18.3. The van der Waals surface area contributed by atoms with Crippen LogP contribution in [0.5, 0.6) is 0 Å². The Morgan fingerprint density at radius 3 is 2.88 bits per heavy atom. The molecule has 3 rings (SSSR count). The molecule has 0 saturated carbocycles. The molecule has 1 aromatic heterocycles. The van der Waals surface area contributed by atoms with Crippen LogP contribution in [-0.4, -0.2) is 47.3 Å². The van der Waals surface area contributed by atoms with E-state index in [0.29, 0.717) is 23.3 Å². The first-order valence-electron chi connectivity index (χ1n) is 7.91. The van der Waals surface area contributed by atoms with Crippen LogP contribution in [0.1, 0.15) is 25.3 Å². The van der Waals surface area contributed by atoms with Gasteiger partial charge in [-0.2, -0.15) is 4.98 Å². The van der Waals surface area contributed by atoms with Crippen molar-refractivity contribution in [1.82, 2.24) is 25.7 Å². The monoisotopic (exact) mass is 349 g/mol. The molecule has 2 aromatic rings. The van der Waals surface area contributed by atoms with Gasteiger partial charge in [0.05, 0.1) is 6.04 Å². The first-order chi connectivity index (χ1) is 11.6. The number of benzene rings is 1. The highest BCUT2D eigenvalue weighted by Crippen LogP contribution is 2.31. The molecule has 1 saturated heterocycles. The smallest absolute Gasteiger partial charge is 0.315 e. The van der Waals surface area contributed by atoms with E-state index in [1.165, 1.54) is 0 Å². The number of hydrogen-bond donors (Lipinski definition) is 2. The van der Waals surface area contributed by atoms with Gasteiger partial charge in [0.25, 0.3) is 0 Å². The third-order valence-corrected chi connectivity index (χ3v) is 4.30. The second kappa shape index (κ2) is 7.19. The van der Waals surface area contributed by atoms with Gasteiger partial charge in [0.1, 0.15) is 0 Å². The predicted molar refractivity (Wildman–Crippen MR) is 90.7 cm³/mol. The van der Waals surface area contributed by atoms with E-state index in [-0.39, 0.29) is 18.1 Å². The van der Waals surface area contributed by atoms with E-state index in [1.54, 1.807) is 12.1 Å². The lowest BCUT2D eigenvalue weighted by Gasteiger charge is -2.14. The Bertz CT molecular complexity index is 703. The summed E-state index contributed by atoms with van der Waals surface area (Å²) in [6.07, 6.45) is 0.732. The van der Waals surface area contributed by atoms with E-state index >= 15 is 0 Å². The Kier molecular flexibility index (Phi) is 5.01. The Balaban J connectivity index is 1.68. The maximum atomic E-state index is 11.7. The fourth-order valence-electron chi connectivity index (χ4n) is 2.88. The number of aromatic nitrogens is 2. The van der Waals surface area contributed by atoms with E-state index in [2.05, 4.69) is 25.7 Å². The molecule has 0 spiro atoms. The number of hydrogen-bond acceptors (Lipinski definition) is 5. The van der Waals surface area contributed by atoms with Gasteiger partial charge in [-0.1, -0.05) is 16.8 Å². The molecule has 0 bridgehead atoms. The van der Waals surface area contributed by atoms with Gasteiger partial charge in [-0.15, -0.1) is 0 Å². The van der Waals surface area contributed by atoms with Crippen LogP contribution < -0.4 is 10.6 Å². The minimum atomic E-state index is -0.149. The van der Waals surface area contributed by atoms with Crippen LogP contribution in [0.15, 0.2) is 28.8 Å². The minimum Gasteiger partial charge on any atom is -0.338 e. The fourth-order valence-corrected chi connectivity index (χ4v) is 3.00. The van der Waals surface area contributed by atoms with Gasteiger partial charge in [-0.25, -0.2) is 4.79 Å². The zero-order chi connectivity index (χ0) is 17.1. The lowest BCUT2D eigenvalue weighted by Crippen LogP contribution is -2.42. The Morgan fingerprint density at radius 2 is 2.17 bits per heavy atom. The molecule has 2 atom stereocenters. The van der Waals surface area contributed by atoms with Crippen LogP contribution in [0.3, 0.4) is 0 Å². The number of amides is 2.